The molecule has 25 heavy (non-hydrogen) atoms. The summed E-state index contributed by atoms with van der Waals surface area (Å²) in [6.45, 7) is 3.50. The Hall–Kier alpha value is -2.21. The van der Waals surface area contributed by atoms with Crippen molar-refractivity contribution in [2.45, 2.75) is 44.8 Å². The largest absolute Gasteiger partial charge is 0.356 e. The maximum absolute atomic E-state index is 11.9. The Morgan fingerprint density at radius 2 is 2.04 bits per heavy atom. The molecule has 132 valence electrons. The average molecular weight is 339 g/mol. The molecule has 0 bridgehead atoms. The minimum Gasteiger partial charge on any atom is -0.356 e. The fourth-order valence-corrected chi connectivity index (χ4v) is 3.58. The van der Waals surface area contributed by atoms with E-state index in [2.05, 4.69) is 43.2 Å². The van der Waals surface area contributed by atoms with E-state index in [1.165, 1.54) is 24.1 Å². The summed E-state index contributed by atoms with van der Waals surface area (Å²) in [5.41, 5.74) is 2.52. The highest BCUT2D eigenvalue weighted by Gasteiger charge is 2.26. The van der Waals surface area contributed by atoms with Crippen molar-refractivity contribution in [2.75, 3.05) is 13.1 Å². The van der Waals surface area contributed by atoms with Crippen LogP contribution in [0.1, 0.15) is 43.0 Å². The van der Waals surface area contributed by atoms with Gasteiger partial charge in [-0.05, 0) is 48.9 Å². The molecular weight excluding hydrogens is 314 g/mol. The number of amides is 1. The number of aromatic nitrogens is 3. The number of nitrogens with zero attached hydrogens (tertiary/aromatic N) is 4. The van der Waals surface area contributed by atoms with Crippen LogP contribution in [0.3, 0.4) is 0 Å². The fourth-order valence-electron chi connectivity index (χ4n) is 3.58. The molecule has 6 heteroatoms. The van der Waals surface area contributed by atoms with Gasteiger partial charge in [-0.15, -0.1) is 0 Å². The fraction of sp³-hybridized carbons (Fsp3) is 0.526. The van der Waals surface area contributed by atoms with Crippen LogP contribution in [-0.2, 0) is 17.9 Å². The summed E-state index contributed by atoms with van der Waals surface area (Å²) in [6, 6.07) is 6.54. The van der Waals surface area contributed by atoms with Crippen LogP contribution in [-0.4, -0.2) is 38.7 Å². The Morgan fingerprint density at radius 3 is 2.84 bits per heavy atom. The first-order chi connectivity index (χ1) is 12.3. The highest BCUT2D eigenvalue weighted by molar-refractivity contribution is 5.76. The minimum atomic E-state index is 0.202. The van der Waals surface area contributed by atoms with Gasteiger partial charge in [-0.1, -0.05) is 0 Å². The third kappa shape index (κ3) is 4.25. The molecule has 3 heterocycles. The Labute approximate surface area is 148 Å². The highest BCUT2D eigenvalue weighted by Crippen LogP contribution is 2.32. The Bertz CT molecular complexity index is 710. The average Bonchev–Trinajstić information content (AvgIpc) is 3.29. The molecule has 0 aromatic carbocycles. The third-order valence-electron chi connectivity index (χ3n) is 5.08. The topological polar surface area (TPSA) is 63.1 Å². The van der Waals surface area contributed by atoms with E-state index in [1.807, 2.05) is 18.6 Å². The lowest BCUT2D eigenvalue weighted by Gasteiger charge is -2.34. The SMILES string of the molecule is O=C(CC1CC1)NCC[C@@H]1CN(Cc2ccncc2)Cc2ccnn21. The van der Waals surface area contributed by atoms with Gasteiger partial charge in [-0.3, -0.25) is 19.4 Å². The van der Waals surface area contributed by atoms with Gasteiger partial charge >= 0.3 is 0 Å². The summed E-state index contributed by atoms with van der Waals surface area (Å²) in [6.07, 6.45) is 9.62. The zero-order chi connectivity index (χ0) is 17.1. The van der Waals surface area contributed by atoms with Gasteiger partial charge in [0, 0.05) is 51.2 Å². The molecule has 1 amide bonds. The van der Waals surface area contributed by atoms with Crippen LogP contribution in [0.25, 0.3) is 0 Å². The van der Waals surface area contributed by atoms with E-state index < -0.39 is 0 Å². The lowest BCUT2D eigenvalue weighted by atomic mass is 10.1. The Balaban J connectivity index is 1.34. The van der Waals surface area contributed by atoms with Gasteiger partial charge < -0.3 is 5.32 Å². The van der Waals surface area contributed by atoms with Crippen LogP contribution in [0.4, 0.5) is 0 Å². The van der Waals surface area contributed by atoms with Crippen LogP contribution < -0.4 is 5.32 Å². The van der Waals surface area contributed by atoms with E-state index in [0.29, 0.717) is 18.4 Å². The monoisotopic (exact) mass is 339 g/mol. The van der Waals surface area contributed by atoms with E-state index >= 15 is 0 Å². The van der Waals surface area contributed by atoms with Crippen molar-refractivity contribution in [3.63, 3.8) is 0 Å². The van der Waals surface area contributed by atoms with Gasteiger partial charge in [0.2, 0.25) is 5.91 Å². The molecule has 1 aliphatic carbocycles. The molecule has 2 aliphatic rings. The second-order valence-electron chi connectivity index (χ2n) is 7.23. The van der Waals surface area contributed by atoms with Crippen molar-refractivity contribution in [3.05, 3.63) is 48.0 Å². The molecule has 1 aliphatic heterocycles. The van der Waals surface area contributed by atoms with Gasteiger partial charge in [0.15, 0.2) is 0 Å². The molecule has 6 nitrogen and oxygen atoms in total. The molecule has 2 aromatic rings. The van der Waals surface area contributed by atoms with Crippen LogP contribution in [0.2, 0.25) is 0 Å². The smallest absolute Gasteiger partial charge is 0.220 e. The van der Waals surface area contributed by atoms with E-state index in [0.717, 1.165) is 32.6 Å². The highest BCUT2D eigenvalue weighted by atomic mass is 16.1. The van der Waals surface area contributed by atoms with E-state index in [4.69, 9.17) is 0 Å². The van der Waals surface area contributed by atoms with Crippen molar-refractivity contribution in [1.82, 2.24) is 25.0 Å². The Kier molecular flexibility index (Phi) is 4.78. The standard InChI is InChI=1S/C19H25N5O/c25-19(11-15-1-2-15)21-9-5-17-13-23(12-16-3-7-20-8-4-16)14-18-6-10-22-24(17)18/h3-4,6-8,10,15,17H,1-2,5,9,11-14H2,(H,21,25)/t17-/m1/s1. The number of rotatable bonds is 7. The molecule has 1 atom stereocenters. The van der Waals surface area contributed by atoms with E-state index in [1.54, 1.807) is 0 Å². The predicted octanol–water partition coefficient (Wildman–Crippen LogP) is 2.14. The minimum absolute atomic E-state index is 0.202. The van der Waals surface area contributed by atoms with Crippen LogP contribution in [0.5, 0.6) is 0 Å². The van der Waals surface area contributed by atoms with Crippen LogP contribution in [0, 0.1) is 5.92 Å². The summed E-state index contributed by atoms with van der Waals surface area (Å²) >= 11 is 0. The molecule has 0 saturated heterocycles. The number of hydrogen-bond acceptors (Lipinski definition) is 4. The lowest BCUT2D eigenvalue weighted by Crippen LogP contribution is -2.39. The number of fused-ring (bicyclic) bond motifs is 1. The molecule has 2 aromatic heterocycles. The molecule has 0 spiro atoms. The molecule has 0 radical (unpaired) electrons. The zero-order valence-electron chi connectivity index (χ0n) is 14.5. The van der Waals surface area contributed by atoms with E-state index in [-0.39, 0.29) is 5.91 Å². The van der Waals surface area contributed by atoms with Crippen molar-refractivity contribution in [1.29, 1.82) is 0 Å². The van der Waals surface area contributed by atoms with Gasteiger partial charge in [0.05, 0.1) is 11.7 Å². The van der Waals surface area contributed by atoms with Gasteiger partial charge in [-0.2, -0.15) is 5.10 Å². The van der Waals surface area contributed by atoms with Gasteiger partial charge in [0.25, 0.3) is 0 Å². The maximum atomic E-state index is 11.9. The first-order valence-corrected chi connectivity index (χ1v) is 9.18. The first kappa shape index (κ1) is 16.3. The maximum Gasteiger partial charge on any atom is 0.220 e. The zero-order valence-corrected chi connectivity index (χ0v) is 14.5. The second kappa shape index (κ2) is 7.35. The van der Waals surface area contributed by atoms with E-state index in [9.17, 15) is 4.79 Å². The second-order valence-corrected chi connectivity index (χ2v) is 7.23. The normalized spacial score (nSPS) is 20.2. The van der Waals surface area contributed by atoms with Gasteiger partial charge in [0.1, 0.15) is 0 Å². The quantitative estimate of drug-likeness (QED) is 0.839. The summed E-state index contributed by atoms with van der Waals surface area (Å²) in [4.78, 5) is 18.4. The lowest BCUT2D eigenvalue weighted by molar-refractivity contribution is -0.121. The summed E-state index contributed by atoms with van der Waals surface area (Å²) in [5, 5.41) is 7.59. The predicted molar refractivity (Wildman–Crippen MR) is 94.6 cm³/mol. The summed E-state index contributed by atoms with van der Waals surface area (Å²) < 4.78 is 2.14. The number of carbonyl (C=O) groups excluding carboxylic acids is 1. The van der Waals surface area contributed by atoms with Crippen molar-refractivity contribution in [3.8, 4) is 0 Å². The number of nitrogens with one attached hydrogen (secondary N) is 1. The van der Waals surface area contributed by atoms with Crippen LogP contribution >= 0.6 is 0 Å². The molecule has 4 rings (SSSR count). The van der Waals surface area contributed by atoms with Crippen molar-refractivity contribution >= 4 is 5.91 Å². The molecule has 1 N–H and O–H groups in total. The molecule has 0 unspecified atom stereocenters. The summed E-state index contributed by atoms with van der Waals surface area (Å²) in [5.74, 6) is 0.843. The van der Waals surface area contributed by atoms with Crippen molar-refractivity contribution in [2.24, 2.45) is 5.92 Å². The number of pyridine rings is 1. The third-order valence-corrected chi connectivity index (χ3v) is 5.08. The molecular formula is C19H25N5O. The first-order valence-electron chi connectivity index (χ1n) is 9.18. The van der Waals surface area contributed by atoms with Crippen LogP contribution in [0.15, 0.2) is 36.8 Å². The molecule has 1 fully saturated rings. The summed E-state index contributed by atoms with van der Waals surface area (Å²) in [7, 11) is 0. The van der Waals surface area contributed by atoms with Crippen molar-refractivity contribution < 1.29 is 4.79 Å². The van der Waals surface area contributed by atoms with Gasteiger partial charge in [-0.25, -0.2) is 0 Å². The number of carbonyl (C=O) groups is 1. The Morgan fingerprint density at radius 1 is 1.20 bits per heavy atom. The molecule has 1 saturated carbocycles. The number of hydrogen-bond donors (Lipinski definition) is 1.